The van der Waals surface area contributed by atoms with Gasteiger partial charge in [-0.05, 0) is 50.1 Å². The zero-order chi connectivity index (χ0) is 16.3. The molecule has 1 aromatic carbocycles. The first-order valence-electron chi connectivity index (χ1n) is 7.35. The number of benzene rings is 1. The van der Waals surface area contributed by atoms with Crippen LogP contribution in [-0.2, 0) is 14.8 Å². The second-order valence-corrected chi connectivity index (χ2v) is 7.41. The van der Waals surface area contributed by atoms with Gasteiger partial charge in [0.05, 0.1) is 4.90 Å². The lowest BCUT2D eigenvalue weighted by molar-refractivity contribution is -0.127. The number of piperazine rings is 1. The Morgan fingerprint density at radius 3 is 2.27 bits per heavy atom. The van der Waals surface area contributed by atoms with Gasteiger partial charge in [0.15, 0.2) is 0 Å². The van der Waals surface area contributed by atoms with Crippen molar-refractivity contribution >= 4 is 15.9 Å². The fourth-order valence-electron chi connectivity index (χ4n) is 2.42. The fourth-order valence-corrected chi connectivity index (χ4v) is 3.93. The minimum absolute atomic E-state index is 0.0641. The number of allylic oxidation sites excluding steroid dienone is 1. The van der Waals surface area contributed by atoms with Crippen molar-refractivity contribution < 1.29 is 13.2 Å². The number of sulfonamides is 1. The molecule has 0 bridgehead atoms. The highest BCUT2D eigenvalue weighted by atomic mass is 32.2. The second-order valence-electron chi connectivity index (χ2n) is 5.48. The highest BCUT2D eigenvalue weighted by Gasteiger charge is 2.29. The van der Waals surface area contributed by atoms with Crippen LogP contribution in [0.25, 0.3) is 0 Å². The van der Waals surface area contributed by atoms with Gasteiger partial charge < -0.3 is 4.90 Å². The van der Waals surface area contributed by atoms with E-state index >= 15 is 0 Å². The van der Waals surface area contributed by atoms with Gasteiger partial charge in [0, 0.05) is 26.2 Å². The molecule has 5 nitrogen and oxygen atoms in total. The van der Waals surface area contributed by atoms with Crippen molar-refractivity contribution in [3.05, 3.63) is 41.5 Å². The van der Waals surface area contributed by atoms with E-state index in [0.29, 0.717) is 31.1 Å². The minimum Gasteiger partial charge on any atom is -0.337 e. The van der Waals surface area contributed by atoms with Crippen LogP contribution < -0.4 is 0 Å². The summed E-state index contributed by atoms with van der Waals surface area (Å²) in [6.45, 7) is 7.16. The van der Waals surface area contributed by atoms with Crippen LogP contribution in [0.3, 0.4) is 0 Å². The molecule has 0 atom stereocenters. The number of rotatable bonds is 3. The van der Waals surface area contributed by atoms with Gasteiger partial charge >= 0.3 is 0 Å². The van der Waals surface area contributed by atoms with E-state index in [1.165, 1.54) is 10.4 Å². The van der Waals surface area contributed by atoms with Gasteiger partial charge in [0.1, 0.15) is 0 Å². The van der Waals surface area contributed by atoms with Crippen molar-refractivity contribution in [2.45, 2.75) is 25.7 Å². The third kappa shape index (κ3) is 3.39. The van der Waals surface area contributed by atoms with E-state index in [0.717, 1.165) is 11.1 Å². The van der Waals surface area contributed by atoms with Crippen LogP contribution in [0, 0.1) is 13.8 Å². The lowest BCUT2D eigenvalue weighted by Crippen LogP contribution is -2.50. The van der Waals surface area contributed by atoms with Crippen LogP contribution >= 0.6 is 0 Å². The van der Waals surface area contributed by atoms with Gasteiger partial charge in [-0.15, -0.1) is 0 Å². The quantitative estimate of drug-likeness (QED) is 0.796. The van der Waals surface area contributed by atoms with Gasteiger partial charge in [0.2, 0.25) is 15.9 Å². The number of amides is 1. The molecule has 1 aromatic rings. The number of aryl methyl sites for hydroxylation is 2. The lowest BCUT2D eigenvalue weighted by Gasteiger charge is -2.33. The maximum Gasteiger partial charge on any atom is 0.246 e. The van der Waals surface area contributed by atoms with E-state index < -0.39 is 10.0 Å². The van der Waals surface area contributed by atoms with E-state index in [1.54, 1.807) is 30.0 Å². The number of nitrogens with zero attached hydrogens (tertiary/aromatic N) is 2. The highest BCUT2D eigenvalue weighted by molar-refractivity contribution is 7.89. The molecule has 1 fully saturated rings. The van der Waals surface area contributed by atoms with E-state index in [1.807, 2.05) is 19.9 Å². The molecule has 1 aliphatic rings. The standard InChI is InChI=1S/C16H22N2O3S/c1-4-5-16(19)17-8-10-18(11-9-17)22(20,21)15-7-6-13(2)14(3)12-15/h4-7,12H,8-11H2,1-3H3/b5-4+. The molecule has 1 heterocycles. The molecule has 6 heteroatoms. The van der Waals surface area contributed by atoms with E-state index in [2.05, 4.69) is 0 Å². The van der Waals surface area contributed by atoms with Gasteiger partial charge in [-0.1, -0.05) is 12.1 Å². The number of hydrogen-bond acceptors (Lipinski definition) is 3. The van der Waals surface area contributed by atoms with Crippen molar-refractivity contribution in [2.24, 2.45) is 0 Å². The highest BCUT2D eigenvalue weighted by Crippen LogP contribution is 2.20. The zero-order valence-corrected chi connectivity index (χ0v) is 14.1. The Morgan fingerprint density at radius 1 is 1.09 bits per heavy atom. The number of carbonyl (C=O) groups is 1. The summed E-state index contributed by atoms with van der Waals surface area (Å²) >= 11 is 0. The Morgan fingerprint density at radius 2 is 1.73 bits per heavy atom. The molecule has 0 N–H and O–H groups in total. The summed E-state index contributed by atoms with van der Waals surface area (Å²) in [6.07, 6.45) is 3.20. The molecule has 1 aliphatic heterocycles. The van der Waals surface area contributed by atoms with Crippen LogP contribution in [-0.4, -0.2) is 49.7 Å². The van der Waals surface area contributed by atoms with E-state index in [9.17, 15) is 13.2 Å². The first-order chi connectivity index (χ1) is 10.4. The predicted octanol–water partition coefficient (Wildman–Crippen LogP) is 1.71. The first-order valence-corrected chi connectivity index (χ1v) is 8.79. The zero-order valence-electron chi connectivity index (χ0n) is 13.2. The molecule has 0 radical (unpaired) electrons. The van der Waals surface area contributed by atoms with Gasteiger partial charge in [-0.2, -0.15) is 4.31 Å². The van der Waals surface area contributed by atoms with Crippen LogP contribution in [0.2, 0.25) is 0 Å². The Labute approximate surface area is 132 Å². The van der Waals surface area contributed by atoms with Crippen LogP contribution in [0.1, 0.15) is 18.1 Å². The lowest BCUT2D eigenvalue weighted by atomic mass is 10.1. The van der Waals surface area contributed by atoms with E-state index in [4.69, 9.17) is 0 Å². The minimum atomic E-state index is -3.49. The van der Waals surface area contributed by atoms with Crippen molar-refractivity contribution in [1.82, 2.24) is 9.21 Å². The summed E-state index contributed by atoms with van der Waals surface area (Å²) in [4.78, 5) is 13.8. The molecule has 0 aromatic heterocycles. The molecule has 1 amide bonds. The molecular formula is C16H22N2O3S. The molecule has 22 heavy (non-hydrogen) atoms. The summed E-state index contributed by atoms with van der Waals surface area (Å²) in [5.74, 6) is -0.0641. The number of hydrogen-bond donors (Lipinski definition) is 0. The van der Waals surface area contributed by atoms with Crippen LogP contribution in [0.5, 0.6) is 0 Å². The average Bonchev–Trinajstić information content (AvgIpc) is 2.50. The van der Waals surface area contributed by atoms with Crippen LogP contribution in [0.4, 0.5) is 0 Å². The maximum absolute atomic E-state index is 12.7. The Hall–Kier alpha value is -1.66. The SMILES string of the molecule is C/C=C/C(=O)N1CCN(S(=O)(=O)c2ccc(C)c(C)c2)CC1. The second kappa shape index (κ2) is 6.62. The molecule has 0 saturated carbocycles. The molecule has 2 rings (SSSR count). The molecule has 0 aliphatic carbocycles. The van der Waals surface area contributed by atoms with Gasteiger partial charge in [-0.3, -0.25) is 4.79 Å². The molecular weight excluding hydrogens is 300 g/mol. The monoisotopic (exact) mass is 322 g/mol. The largest absolute Gasteiger partial charge is 0.337 e. The third-order valence-electron chi connectivity index (χ3n) is 3.98. The summed E-state index contributed by atoms with van der Waals surface area (Å²) in [5.41, 5.74) is 2.03. The summed E-state index contributed by atoms with van der Waals surface area (Å²) in [5, 5.41) is 0. The Bertz CT molecular complexity index is 687. The summed E-state index contributed by atoms with van der Waals surface area (Å²) < 4.78 is 26.8. The Kier molecular flexibility index (Phi) is 5.03. The van der Waals surface area contributed by atoms with Gasteiger partial charge in [-0.25, -0.2) is 8.42 Å². The smallest absolute Gasteiger partial charge is 0.246 e. The first kappa shape index (κ1) is 16.7. The van der Waals surface area contributed by atoms with Crippen LogP contribution in [0.15, 0.2) is 35.2 Å². The molecule has 120 valence electrons. The fraction of sp³-hybridized carbons (Fsp3) is 0.438. The third-order valence-corrected chi connectivity index (χ3v) is 5.87. The molecule has 0 unspecified atom stereocenters. The normalized spacial score (nSPS) is 17.1. The van der Waals surface area contributed by atoms with Crippen molar-refractivity contribution in [3.8, 4) is 0 Å². The average molecular weight is 322 g/mol. The summed E-state index contributed by atoms with van der Waals surface area (Å²) in [6, 6.07) is 5.19. The van der Waals surface area contributed by atoms with Crippen molar-refractivity contribution in [2.75, 3.05) is 26.2 Å². The van der Waals surface area contributed by atoms with Gasteiger partial charge in [0.25, 0.3) is 0 Å². The maximum atomic E-state index is 12.7. The molecule has 0 spiro atoms. The van der Waals surface area contributed by atoms with Crippen molar-refractivity contribution in [1.29, 1.82) is 0 Å². The van der Waals surface area contributed by atoms with E-state index in [-0.39, 0.29) is 5.91 Å². The Balaban J connectivity index is 2.12. The summed E-state index contributed by atoms with van der Waals surface area (Å²) in [7, 11) is -3.49. The predicted molar refractivity (Wildman–Crippen MR) is 86.1 cm³/mol. The molecule has 1 saturated heterocycles. The topological polar surface area (TPSA) is 57.7 Å². The number of carbonyl (C=O) groups excluding carboxylic acids is 1. The van der Waals surface area contributed by atoms with Crippen molar-refractivity contribution in [3.63, 3.8) is 0 Å².